The molecule has 0 bridgehead atoms. The molecule has 142 valence electrons. The number of benzene rings is 2. The molecular weight excluding hydrogens is 360 g/mol. The molecule has 0 fully saturated rings. The van der Waals surface area contributed by atoms with Crippen molar-refractivity contribution >= 4 is 23.4 Å². The van der Waals surface area contributed by atoms with Gasteiger partial charge in [-0.15, -0.1) is 0 Å². The summed E-state index contributed by atoms with van der Waals surface area (Å²) >= 11 is 0. The van der Waals surface area contributed by atoms with Gasteiger partial charge in [0.15, 0.2) is 11.5 Å². The zero-order valence-electron chi connectivity index (χ0n) is 15.0. The topological polar surface area (TPSA) is 116 Å². The van der Waals surface area contributed by atoms with Gasteiger partial charge in [-0.3, -0.25) is 4.79 Å². The van der Waals surface area contributed by atoms with Crippen LogP contribution in [0.5, 0.6) is 5.75 Å². The summed E-state index contributed by atoms with van der Waals surface area (Å²) < 4.78 is 10.5. The second-order valence-electron chi connectivity index (χ2n) is 5.70. The van der Waals surface area contributed by atoms with E-state index < -0.39 is 18.0 Å². The fourth-order valence-electron chi connectivity index (χ4n) is 2.45. The van der Waals surface area contributed by atoms with Crippen LogP contribution in [-0.2, 0) is 9.53 Å². The van der Waals surface area contributed by atoms with Crippen LogP contribution in [0.25, 0.3) is 0 Å². The van der Waals surface area contributed by atoms with Gasteiger partial charge < -0.3 is 20.5 Å². The van der Waals surface area contributed by atoms with E-state index in [1.54, 1.807) is 61.7 Å². The first-order chi connectivity index (χ1) is 13.6. The smallest absolute Gasteiger partial charge is 0.361 e. The first-order valence-electron chi connectivity index (χ1n) is 8.36. The molecule has 0 saturated heterocycles. The van der Waals surface area contributed by atoms with E-state index in [9.17, 15) is 9.59 Å². The van der Waals surface area contributed by atoms with Crippen LogP contribution < -0.4 is 15.8 Å². The fourth-order valence-corrected chi connectivity index (χ4v) is 2.45. The highest BCUT2D eigenvalue weighted by atomic mass is 16.5. The zero-order chi connectivity index (χ0) is 19.9. The second-order valence-corrected chi connectivity index (χ2v) is 5.70. The van der Waals surface area contributed by atoms with Gasteiger partial charge in [-0.25, -0.2) is 14.8 Å². The van der Waals surface area contributed by atoms with Crippen molar-refractivity contribution in [2.24, 2.45) is 0 Å². The molecule has 0 spiro atoms. The van der Waals surface area contributed by atoms with Crippen LogP contribution in [0.15, 0.2) is 67.0 Å². The number of hydrogen-bond acceptors (Lipinski definition) is 7. The number of rotatable bonds is 6. The van der Waals surface area contributed by atoms with Gasteiger partial charge in [-0.1, -0.05) is 30.3 Å². The molecule has 3 aromatic rings. The first kappa shape index (κ1) is 18.8. The Morgan fingerprint density at radius 3 is 2.32 bits per heavy atom. The van der Waals surface area contributed by atoms with Crippen LogP contribution in [-0.4, -0.2) is 29.0 Å². The number of carbonyl (C=O) groups excluding carboxylic acids is 2. The van der Waals surface area contributed by atoms with Crippen molar-refractivity contribution in [1.82, 2.24) is 9.97 Å². The maximum Gasteiger partial charge on any atom is 0.361 e. The highest BCUT2D eigenvalue weighted by Gasteiger charge is 2.27. The molecule has 0 aliphatic carbocycles. The Bertz CT molecular complexity index is 961. The molecule has 3 rings (SSSR count). The van der Waals surface area contributed by atoms with Crippen molar-refractivity contribution < 1.29 is 19.1 Å². The fraction of sp³-hybridized carbons (Fsp3) is 0.100. The molecular formula is C20H18N4O4. The summed E-state index contributed by atoms with van der Waals surface area (Å²) in [7, 11) is 1.55. The number of nitrogens with one attached hydrogen (secondary N) is 1. The molecule has 1 aromatic heterocycles. The number of esters is 1. The predicted molar refractivity (Wildman–Crippen MR) is 103 cm³/mol. The molecule has 0 saturated carbocycles. The molecule has 3 N–H and O–H groups in total. The Morgan fingerprint density at radius 1 is 1.00 bits per heavy atom. The Kier molecular flexibility index (Phi) is 5.81. The summed E-state index contributed by atoms with van der Waals surface area (Å²) in [6.45, 7) is 0. The van der Waals surface area contributed by atoms with Crippen LogP contribution in [0.4, 0.5) is 11.5 Å². The van der Waals surface area contributed by atoms with E-state index in [0.717, 1.165) is 0 Å². The number of hydrogen-bond donors (Lipinski definition) is 2. The molecule has 0 radical (unpaired) electrons. The quantitative estimate of drug-likeness (QED) is 0.633. The van der Waals surface area contributed by atoms with Gasteiger partial charge in [0.1, 0.15) is 5.75 Å². The van der Waals surface area contributed by atoms with E-state index in [1.165, 1.54) is 12.4 Å². The average Bonchev–Trinajstić information content (AvgIpc) is 2.73. The van der Waals surface area contributed by atoms with Crippen LogP contribution in [0.3, 0.4) is 0 Å². The van der Waals surface area contributed by atoms with Gasteiger partial charge >= 0.3 is 5.97 Å². The van der Waals surface area contributed by atoms with Crippen molar-refractivity contribution in [3.05, 3.63) is 78.2 Å². The Hall–Kier alpha value is -3.94. The summed E-state index contributed by atoms with van der Waals surface area (Å²) in [6.07, 6.45) is 1.48. The largest absolute Gasteiger partial charge is 0.497 e. The van der Waals surface area contributed by atoms with Gasteiger partial charge in [-0.2, -0.15) is 0 Å². The maximum atomic E-state index is 12.8. The van der Waals surface area contributed by atoms with E-state index in [4.69, 9.17) is 15.2 Å². The Morgan fingerprint density at radius 2 is 1.68 bits per heavy atom. The summed E-state index contributed by atoms with van der Waals surface area (Å²) in [5, 5.41) is 2.72. The number of anilines is 2. The minimum atomic E-state index is -1.20. The number of carbonyl (C=O) groups is 2. The van der Waals surface area contributed by atoms with E-state index in [-0.39, 0.29) is 11.5 Å². The molecule has 0 aliphatic rings. The molecule has 8 nitrogen and oxygen atoms in total. The number of nitrogens with two attached hydrogens (primary N) is 1. The number of nitrogens with zero attached hydrogens (tertiary/aromatic N) is 2. The Balaban J connectivity index is 1.83. The van der Waals surface area contributed by atoms with E-state index >= 15 is 0 Å². The van der Waals surface area contributed by atoms with E-state index in [0.29, 0.717) is 17.0 Å². The summed E-state index contributed by atoms with van der Waals surface area (Å²) in [5.41, 5.74) is 6.56. The zero-order valence-corrected chi connectivity index (χ0v) is 15.0. The number of aromatic nitrogens is 2. The molecule has 0 aliphatic heterocycles. The number of ether oxygens (including phenoxy) is 2. The highest BCUT2D eigenvalue weighted by Crippen LogP contribution is 2.23. The number of methoxy groups -OCH3 is 1. The van der Waals surface area contributed by atoms with Crippen molar-refractivity contribution in [3.63, 3.8) is 0 Å². The third kappa shape index (κ3) is 4.42. The monoisotopic (exact) mass is 378 g/mol. The van der Waals surface area contributed by atoms with Crippen molar-refractivity contribution in [1.29, 1.82) is 0 Å². The number of nitrogen functional groups attached to an aromatic ring is 1. The normalized spacial score (nSPS) is 11.3. The van der Waals surface area contributed by atoms with Crippen molar-refractivity contribution in [2.45, 2.75) is 6.10 Å². The molecule has 1 amide bonds. The summed E-state index contributed by atoms with van der Waals surface area (Å²) in [6, 6.07) is 15.4. The van der Waals surface area contributed by atoms with Gasteiger partial charge in [0.05, 0.1) is 7.11 Å². The molecule has 2 aromatic carbocycles. The lowest BCUT2D eigenvalue weighted by Crippen LogP contribution is -2.26. The first-order valence-corrected chi connectivity index (χ1v) is 8.36. The predicted octanol–water partition coefficient (Wildman–Crippen LogP) is 2.60. The van der Waals surface area contributed by atoms with E-state index in [2.05, 4.69) is 15.3 Å². The molecule has 1 unspecified atom stereocenters. The van der Waals surface area contributed by atoms with Gasteiger partial charge in [0, 0.05) is 23.6 Å². The lowest BCUT2D eigenvalue weighted by molar-refractivity contribution is -0.125. The third-order valence-corrected chi connectivity index (χ3v) is 3.84. The van der Waals surface area contributed by atoms with Crippen molar-refractivity contribution in [2.75, 3.05) is 18.2 Å². The van der Waals surface area contributed by atoms with Crippen LogP contribution in [0.1, 0.15) is 22.2 Å². The molecule has 1 heterocycles. The highest BCUT2D eigenvalue weighted by molar-refractivity contribution is 5.98. The molecule has 1 atom stereocenters. The van der Waals surface area contributed by atoms with E-state index in [1.807, 2.05) is 0 Å². The molecule has 28 heavy (non-hydrogen) atoms. The minimum Gasteiger partial charge on any atom is -0.497 e. The lowest BCUT2D eigenvalue weighted by atomic mass is 10.1. The lowest BCUT2D eigenvalue weighted by Gasteiger charge is -2.18. The summed E-state index contributed by atoms with van der Waals surface area (Å²) in [5.74, 6) is -0.784. The SMILES string of the molecule is COc1ccc(NC(=O)C(OC(=O)c2nccnc2N)c2ccccc2)cc1. The minimum absolute atomic E-state index is 0.0742. The average molecular weight is 378 g/mol. The van der Waals surface area contributed by atoms with Crippen LogP contribution in [0, 0.1) is 0 Å². The van der Waals surface area contributed by atoms with Crippen molar-refractivity contribution in [3.8, 4) is 5.75 Å². The van der Waals surface area contributed by atoms with Crippen LogP contribution in [0.2, 0.25) is 0 Å². The maximum absolute atomic E-state index is 12.8. The number of amides is 1. The van der Waals surface area contributed by atoms with Gasteiger partial charge in [0.25, 0.3) is 5.91 Å². The van der Waals surface area contributed by atoms with Gasteiger partial charge in [0.2, 0.25) is 6.10 Å². The summed E-state index contributed by atoms with van der Waals surface area (Å²) in [4.78, 5) is 33.0. The Labute approximate surface area is 161 Å². The molecule has 8 heteroatoms. The third-order valence-electron chi connectivity index (χ3n) is 3.84. The van der Waals surface area contributed by atoms with Crippen LogP contribution >= 0.6 is 0 Å². The second kappa shape index (κ2) is 8.63. The van der Waals surface area contributed by atoms with Gasteiger partial charge in [-0.05, 0) is 24.3 Å². The standard InChI is InChI=1S/C20H18N4O4/c1-27-15-9-7-14(8-10-15)24-19(25)17(13-5-3-2-4-6-13)28-20(26)16-18(21)23-12-11-22-16/h2-12,17H,1H3,(H2,21,23)(H,24,25).